The van der Waals surface area contributed by atoms with Crippen LogP contribution >= 0.6 is 0 Å². The normalized spacial score (nSPS) is 10.2. The molecule has 4 heteroatoms. The first-order valence-corrected chi connectivity index (χ1v) is 6.12. The first-order valence-electron chi connectivity index (χ1n) is 6.12. The van der Waals surface area contributed by atoms with E-state index in [1.165, 1.54) is 19.4 Å². The topological polar surface area (TPSA) is 47.6 Å². The molecule has 0 aliphatic heterocycles. The minimum Gasteiger partial charge on any atom is -0.466 e. The summed E-state index contributed by atoms with van der Waals surface area (Å²) in [5.41, 5.74) is 0.761. The van der Waals surface area contributed by atoms with Crippen LogP contribution in [-0.2, 0) is 9.53 Å². The lowest BCUT2D eigenvalue weighted by Gasteiger charge is -2.10. The molecular formula is C16H15NO3. The predicted octanol–water partition coefficient (Wildman–Crippen LogP) is 3.58. The van der Waals surface area contributed by atoms with Crippen molar-refractivity contribution in [1.82, 2.24) is 0 Å². The first-order chi connectivity index (χ1) is 9.79. The second-order valence-corrected chi connectivity index (χ2v) is 3.91. The Kier molecular flexibility index (Phi) is 4.78. The minimum absolute atomic E-state index is 0.418. The molecule has 0 saturated heterocycles. The van der Waals surface area contributed by atoms with E-state index < -0.39 is 5.97 Å². The maximum atomic E-state index is 11.0. The van der Waals surface area contributed by atoms with Gasteiger partial charge in [-0.1, -0.05) is 30.3 Å². The van der Waals surface area contributed by atoms with Gasteiger partial charge in [-0.2, -0.15) is 0 Å². The van der Waals surface area contributed by atoms with E-state index in [1.54, 1.807) is 0 Å². The largest absolute Gasteiger partial charge is 0.466 e. The molecule has 0 atom stereocenters. The number of nitrogens with one attached hydrogen (secondary N) is 1. The zero-order chi connectivity index (χ0) is 14.2. The molecule has 0 amide bonds. The van der Waals surface area contributed by atoms with Crippen LogP contribution in [0.1, 0.15) is 0 Å². The highest BCUT2D eigenvalue weighted by molar-refractivity contribution is 5.82. The number of esters is 1. The second kappa shape index (κ2) is 6.99. The third-order valence-electron chi connectivity index (χ3n) is 2.52. The fourth-order valence-corrected chi connectivity index (χ4v) is 1.56. The fraction of sp³-hybridized carbons (Fsp3) is 0.0625. The Morgan fingerprint density at radius 1 is 1.05 bits per heavy atom. The highest BCUT2D eigenvalue weighted by atomic mass is 16.5. The van der Waals surface area contributed by atoms with Gasteiger partial charge in [-0.15, -0.1) is 0 Å². The molecule has 0 radical (unpaired) electrons. The van der Waals surface area contributed by atoms with E-state index in [1.807, 2.05) is 54.6 Å². The van der Waals surface area contributed by atoms with Crippen LogP contribution in [0.25, 0.3) is 0 Å². The van der Waals surface area contributed by atoms with Crippen molar-refractivity contribution < 1.29 is 14.3 Å². The third kappa shape index (κ3) is 3.88. The molecule has 2 aromatic rings. The molecule has 0 fully saturated rings. The van der Waals surface area contributed by atoms with Crippen LogP contribution < -0.4 is 10.1 Å². The summed E-state index contributed by atoms with van der Waals surface area (Å²) in [7, 11) is 1.33. The lowest BCUT2D eigenvalue weighted by Crippen LogP contribution is -1.97. The van der Waals surface area contributed by atoms with Crippen LogP contribution in [0.5, 0.6) is 11.5 Å². The summed E-state index contributed by atoms with van der Waals surface area (Å²) in [5, 5.41) is 2.99. The van der Waals surface area contributed by atoms with Crippen molar-refractivity contribution in [2.75, 3.05) is 12.4 Å². The second-order valence-electron chi connectivity index (χ2n) is 3.91. The molecule has 102 valence electrons. The predicted molar refractivity (Wildman–Crippen MR) is 77.7 cm³/mol. The Labute approximate surface area is 117 Å². The standard InChI is InChI=1S/C16H15NO3/c1-19-16(18)11-12-17-14-9-5-6-10-15(14)20-13-7-3-2-4-8-13/h2-12,17H,1H3/b12-11+. The van der Waals surface area contributed by atoms with Gasteiger partial charge in [-0.05, 0) is 24.3 Å². The summed E-state index contributed by atoms with van der Waals surface area (Å²) in [6.45, 7) is 0. The minimum atomic E-state index is -0.418. The van der Waals surface area contributed by atoms with Gasteiger partial charge in [0.15, 0.2) is 5.75 Å². The molecule has 0 spiro atoms. The summed E-state index contributed by atoms with van der Waals surface area (Å²) in [6.07, 6.45) is 2.82. The highest BCUT2D eigenvalue weighted by Crippen LogP contribution is 2.28. The van der Waals surface area contributed by atoms with E-state index in [-0.39, 0.29) is 0 Å². The first kappa shape index (κ1) is 13.7. The third-order valence-corrected chi connectivity index (χ3v) is 2.52. The Morgan fingerprint density at radius 2 is 1.75 bits per heavy atom. The highest BCUT2D eigenvalue weighted by Gasteiger charge is 2.02. The number of carbonyl (C=O) groups excluding carboxylic acids is 1. The monoisotopic (exact) mass is 269 g/mol. The van der Waals surface area contributed by atoms with E-state index in [0.29, 0.717) is 5.75 Å². The number of carbonyl (C=O) groups is 1. The number of methoxy groups -OCH3 is 1. The maximum Gasteiger partial charge on any atom is 0.331 e. The van der Waals surface area contributed by atoms with Gasteiger partial charge >= 0.3 is 5.97 Å². The summed E-state index contributed by atoms with van der Waals surface area (Å²) in [4.78, 5) is 11.0. The number of ether oxygens (including phenoxy) is 2. The van der Waals surface area contributed by atoms with Gasteiger partial charge < -0.3 is 14.8 Å². The number of para-hydroxylation sites is 3. The number of anilines is 1. The van der Waals surface area contributed by atoms with Gasteiger partial charge in [0.05, 0.1) is 12.8 Å². The molecule has 1 N–H and O–H groups in total. The van der Waals surface area contributed by atoms with Gasteiger partial charge in [0.2, 0.25) is 0 Å². The molecule has 0 aliphatic rings. The van der Waals surface area contributed by atoms with Crippen LogP contribution in [0, 0.1) is 0 Å². The molecule has 0 unspecified atom stereocenters. The average molecular weight is 269 g/mol. The van der Waals surface area contributed by atoms with Crippen molar-refractivity contribution in [3.8, 4) is 11.5 Å². The Bertz CT molecular complexity index is 594. The number of hydrogen-bond donors (Lipinski definition) is 1. The number of benzene rings is 2. The molecule has 4 nitrogen and oxygen atoms in total. The Balaban J connectivity index is 2.10. The van der Waals surface area contributed by atoms with Gasteiger partial charge in [-0.25, -0.2) is 4.79 Å². The van der Waals surface area contributed by atoms with Crippen molar-refractivity contribution in [2.24, 2.45) is 0 Å². The van der Waals surface area contributed by atoms with Crippen molar-refractivity contribution >= 4 is 11.7 Å². The fourth-order valence-electron chi connectivity index (χ4n) is 1.56. The average Bonchev–Trinajstić information content (AvgIpc) is 2.50. The van der Waals surface area contributed by atoms with E-state index in [9.17, 15) is 4.79 Å². The lowest BCUT2D eigenvalue weighted by atomic mass is 10.3. The van der Waals surface area contributed by atoms with E-state index >= 15 is 0 Å². The van der Waals surface area contributed by atoms with Crippen LogP contribution in [0.2, 0.25) is 0 Å². The quantitative estimate of drug-likeness (QED) is 0.665. The summed E-state index contributed by atoms with van der Waals surface area (Å²) < 4.78 is 10.3. The lowest BCUT2D eigenvalue weighted by molar-refractivity contribution is -0.134. The molecule has 2 aromatic carbocycles. The maximum absolute atomic E-state index is 11.0. The van der Waals surface area contributed by atoms with Gasteiger partial charge in [0.25, 0.3) is 0 Å². The molecule has 0 aromatic heterocycles. The summed E-state index contributed by atoms with van der Waals surface area (Å²) >= 11 is 0. The zero-order valence-electron chi connectivity index (χ0n) is 11.1. The SMILES string of the molecule is COC(=O)/C=C/Nc1ccccc1Oc1ccccc1. The Hall–Kier alpha value is -2.75. The van der Waals surface area contributed by atoms with Gasteiger partial charge in [-0.3, -0.25) is 0 Å². The molecule has 0 aliphatic carbocycles. The molecule has 0 bridgehead atoms. The molecule has 0 heterocycles. The molecule has 2 rings (SSSR count). The number of hydrogen-bond acceptors (Lipinski definition) is 4. The van der Waals surface area contributed by atoms with E-state index in [0.717, 1.165) is 11.4 Å². The molecule has 0 saturated carbocycles. The van der Waals surface area contributed by atoms with E-state index in [4.69, 9.17) is 4.74 Å². The van der Waals surface area contributed by atoms with Crippen LogP contribution in [-0.4, -0.2) is 13.1 Å². The number of rotatable bonds is 5. The summed E-state index contributed by atoms with van der Waals surface area (Å²) in [6, 6.07) is 17.0. The Morgan fingerprint density at radius 3 is 2.50 bits per heavy atom. The zero-order valence-corrected chi connectivity index (χ0v) is 11.1. The van der Waals surface area contributed by atoms with Crippen molar-refractivity contribution in [3.05, 3.63) is 66.9 Å². The van der Waals surface area contributed by atoms with Crippen LogP contribution in [0.3, 0.4) is 0 Å². The molecule has 20 heavy (non-hydrogen) atoms. The van der Waals surface area contributed by atoms with Gasteiger partial charge in [0.1, 0.15) is 5.75 Å². The van der Waals surface area contributed by atoms with Crippen LogP contribution in [0.15, 0.2) is 66.9 Å². The van der Waals surface area contributed by atoms with Crippen molar-refractivity contribution in [1.29, 1.82) is 0 Å². The molecular weight excluding hydrogens is 254 g/mol. The van der Waals surface area contributed by atoms with Gasteiger partial charge in [0, 0.05) is 12.3 Å². The van der Waals surface area contributed by atoms with Crippen molar-refractivity contribution in [3.63, 3.8) is 0 Å². The van der Waals surface area contributed by atoms with E-state index in [2.05, 4.69) is 10.1 Å². The van der Waals surface area contributed by atoms with Crippen molar-refractivity contribution in [2.45, 2.75) is 0 Å². The summed E-state index contributed by atoms with van der Waals surface area (Å²) in [5.74, 6) is 1.01. The van der Waals surface area contributed by atoms with Crippen LogP contribution in [0.4, 0.5) is 5.69 Å². The smallest absolute Gasteiger partial charge is 0.331 e.